The van der Waals surface area contributed by atoms with Gasteiger partial charge in [-0.05, 0) is 6.07 Å². The van der Waals surface area contributed by atoms with Gasteiger partial charge in [-0.15, -0.1) is 0 Å². The van der Waals surface area contributed by atoms with E-state index in [4.69, 9.17) is 17.3 Å². The predicted octanol–water partition coefficient (Wildman–Crippen LogP) is 1.99. The largest absolute Gasteiger partial charge is 0.399 e. The standard InChI is InChI=1S/C7H8ClF2N3/c8-5-1-4(11)2-7(13-5)12-3-6(9)10/h1-2,6H,3H2,(H3,11,12,13). The highest BCUT2D eigenvalue weighted by Gasteiger charge is 2.03. The Hall–Kier alpha value is -1.10. The van der Waals surface area contributed by atoms with Gasteiger partial charge in [-0.1, -0.05) is 11.6 Å². The molecule has 6 heteroatoms. The van der Waals surface area contributed by atoms with Gasteiger partial charge in [0.05, 0.1) is 6.54 Å². The van der Waals surface area contributed by atoms with E-state index >= 15 is 0 Å². The summed E-state index contributed by atoms with van der Waals surface area (Å²) >= 11 is 5.55. The molecule has 3 nitrogen and oxygen atoms in total. The predicted molar refractivity (Wildman–Crippen MR) is 48.2 cm³/mol. The van der Waals surface area contributed by atoms with Crippen molar-refractivity contribution in [3.05, 3.63) is 17.3 Å². The Balaban J connectivity index is 2.66. The lowest BCUT2D eigenvalue weighted by atomic mass is 10.4. The van der Waals surface area contributed by atoms with E-state index in [0.29, 0.717) is 5.69 Å². The zero-order chi connectivity index (χ0) is 9.84. The van der Waals surface area contributed by atoms with E-state index in [1.54, 1.807) is 0 Å². The van der Waals surface area contributed by atoms with Crippen LogP contribution in [0.4, 0.5) is 20.3 Å². The number of nitrogens with zero attached hydrogens (tertiary/aromatic N) is 1. The third-order valence-corrected chi connectivity index (χ3v) is 1.45. The molecule has 0 aliphatic heterocycles. The second kappa shape index (κ2) is 4.23. The maximum absolute atomic E-state index is 11.8. The Morgan fingerprint density at radius 3 is 2.77 bits per heavy atom. The van der Waals surface area contributed by atoms with Crippen LogP contribution < -0.4 is 11.1 Å². The molecule has 72 valence electrons. The molecule has 0 saturated carbocycles. The highest BCUT2D eigenvalue weighted by atomic mass is 35.5. The van der Waals surface area contributed by atoms with E-state index in [-0.39, 0.29) is 11.0 Å². The molecule has 1 heterocycles. The van der Waals surface area contributed by atoms with Gasteiger partial charge in [-0.25, -0.2) is 13.8 Å². The number of pyridine rings is 1. The molecule has 0 spiro atoms. The summed E-state index contributed by atoms with van der Waals surface area (Å²) in [5.74, 6) is 0.255. The normalized spacial score (nSPS) is 10.5. The lowest BCUT2D eigenvalue weighted by Crippen LogP contribution is -2.11. The Bertz CT molecular complexity index is 273. The van der Waals surface area contributed by atoms with Gasteiger partial charge >= 0.3 is 0 Å². The maximum Gasteiger partial charge on any atom is 0.255 e. The van der Waals surface area contributed by atoms with Crippen molar-refractivity contribution in [2.24, 2.45) is 0 Å². The van der Waals surface area contributed by atoms with Crippen LogP contribution in [0.25, 0.3) is 0 Å². The lowest BCUT2D eigenvalue weighted by Gasteiger charge is -2.05. The number of nitrogen functional groups attached to an aromatic ring is 1. The van der Waals surface area contributed by atoms with E-state index in [2.05, 4.69) is 10.3 Å². The van der Waals surface area contributed by atoms with Gasteiger partial charge in [0.1, 0.15) is 11.0 Å². The van der Waals surface area contributed by atoms with Crippen molar-refractivity contribution < 1.29 is 8.78 Å². The third kappa shape index (κ3) is 3.42. The molecule has 0 atom stereocenters. The SMILES string of the molecule is Nc1cc(Cl)nc(NCC(F)F)c1. The Morgan fingerprint density at radius 1 is 1.54 bits per heavy atom. The topological polar surface area (TPSA) is 50.9 Å². The minimum atomic E-state index is -2.43. The molecule has 1 aromatic rings. The number of rotatable bonds is 3. The van der Waals surface area contributed by atoms with Gasteiger partial charge in [0.25, 0.3) is 6.43 Å². The first-order chi connectivity index (χ1) is 6.08. The summed E-state index contributed by atoms with van der Waals surface area (Å²) < 4.78 is 23.5. The van der Waals surface area contributed by atoms with E-state index in [9.17, 15) is 8.78 Å². The Morgan fingerprint density at radius 2 is 2.23 bits per heavy atom. The second-order valence-corrected chi connectivity index (χ2v) is 2.77. The highest BCUT2D eigenvalue weighted by molar-refractivity contribution is 6.29. The van der Waals surface area contributed by atoms with Gasteiger partial charge in [0, 0.05) is 11.8 Å². The molecule has 0 aliphatic carbocycles. The second-order valence-electron chi connectivity index (χ2n) is 2.38. The van der Waals surface area contributed by atoms with E-state index < -0.39 is 13.0 Å². The first-order valence-electron chi connectivity index (χ1n) is 3.53. The fourth-order valence-corrected chi connectivity index (χ4v) is 1.01. The van der Waals surface area contributed by atoms with Crippen LogP contribution in [-0.4, -0.2) is 18.0 Å². The van der Waals surface area contributed by atoms with E-state index in [0.717, 1.165) is 0 Å². The molecule has 0 unspecified atom stereocenters. The smallest absolute Gasteiger partial charge is 0.255 e. The molecular formula is C7H8ClF2N3. The van der Waals surface area contributed by atoms with Crippen LogP contribution in [0, 0.1) is 0 Å². The lowest BCUT2D eigenvalue weighted by molar-refractivity contribution is 0.163. The summed E-state index contributed by atoms with van der Waals surface area (Å²) in [6.45, 7) is -0.465. The van der Waals surface area contributed by atoms with Crippen LogP contribution in [0.1, 0.15) is 0 Å². The third-order valence-electron chi connectivity index (χ3n) is 1.25. The minimum Gasteiger partial charge on any atom is -0.399 e. The number of aromatic nitrogens is 1. The van der Waals surface area contributed by atoms with Crippen molar-refractivity contribution in [1.82, 2.24) is 4.98 Å². The van der Waals surface area contributed by atoms with Crippen LogP contribution in [0.15, 0.2) is 12.1 Å². The van der Waals surface area contributed by atoms with Crippen LogP contribution in [0.3, 0.4) is 0 Å². The monoisotopic (exact) mass is 207 g/mol. The molecular weight excluding hydrogens is 200 g/mol. The maximum atomic E-state index is 11.8. The van der Waals surface area contributed by atoms with Crippen LogP contribution in [0.2, 0.25) is 5.15 Å². The van der Waals surface area contributed by atoms with Crippen molar-refractivity contribution in [2.75, 3.05) is 17.6 Å². The average molecular weight is 208 g/mol. The number of halogens is 3. The van der Waals surface area contributed by atoms with Gasteiger partial charge in [-0.3, -0.25) is 0 Å². The van der Waals surface area contributed by atoms with Gasteiger partial charge in [-0.2, -0.15) is 0 Å². The van der Waals surface area contributed by atoms with Gasteiger partial charge in [0.15, 0.2) is 0 Å². The molecule has 0 radical (unpaired) electrons. The summed E-state index contributed by atoms with van der Waals surface area (Å²) in [7, 11) is 0. The Kier molecular flexibility index (Phi) is 3.25. The summed E-state index contributed by atoms with van der Waals surface area (Å²) in [6, 6.07) is 2.88. The average Bonchev–Trinajstić information content (AvgIpc) is 1.99. The fourth-order valence-electron chi connectivity index (χ4n) is 0.789. The summed E-state index contributed by atoms with van der Waals surface area (Å²) in [5, 5.41) is 2.58. The zero-order valence-electron chi connectivity index (χ0n) is 6.60. The minimum absolute atomic E-state index is 0.178. The molecule has 0 aromatic carbocycles. The van der Waals surface area contributed by atoms with Crippen LogP contribution in [-0.2, 0) is 0 Å². The number of hydrogen-bond donors (Lipinski definition) is 2. The first-order valence-corrected chi connectivity index (χ1v) is 3.91. The fraction of sp³-hybridized carbons (Fsp3) is 0.286. The zero-order valence-corrected chi connectivity index (χ0v) is 7.35. The molecule has 0 aliphatic rings. The number of hydrogen-bond acceptors (Lipinski definition) is 3. The van der Waals surface area contributed by atoms with Crippen molar-refractivity contribution >= 4 is 23.1 Å². The van der Waals surface area contributed by atoms with E-state index in [1.807, 2.05) is 0 Å². The van der Waals surface area contributed by atoms with Crippen molar-refractivity contribution in [2.45, 2.75) is 6.43 Å². The molecule has 0 saturated heterocycles. The molecule has 13 heavy (non-hydrogen) atoms. The number of nitrogens with two attached hydrogens (primary N) is 1. The quantitative estimate of drug-likeness (QED) is 0.746. The van der Waals surface area contributed by atoms with Crippen molar-refractivity contribution in [3.63, 3.8) is 0 Å². The summed E-state index contributed by atoms with van der Waals surface area (Å²) in [5.41, 5.74) is 5.80. The van der Waals surface area contributed by atoms with Crippen LogP contribution in [0.5, 0.6) is 0 Å². The van der Waals surface area contributed by atoms with Crippen molar-refractivity contribution in [1.29, 1.82) is 0 Å². The molecule has 0 amide bonds. The molecule has 1 aromatic heterocycles. The summed E-state index contributed by atoms with van der Waals surface area (Å²) in [6.07, 6.45) is -2.43. The first kappa shape index (κ1) is 9.98. The van der Waals surface area contributed by atoms with E-state index in [1.165, 1.54) is 12.1 Å². The van der Waals surface area contributed by atoms with Gasteiger partial charge in [0.2, 0.25) is 0 Å². The Labute approximate surface area is 78.9 Å². The van der Waals surface area contributed by atoms with Crippen LogP contribution >= 0.6 is 11.6 Å². The van der Waals surface area contributed by atoms with Gasteiger partial charge < -0.3 is 11.1 Å². The number of nitrogens with one attached hydrogen (secondary N) is 1. The van der Waals surface area contributed by atoms with Crippen molar-refractivity contribution in [3.8, 4) is 0 Å². The molecule has 1 rings (SSSR count). The molecule has 0 fully saturated rings. The summed E-state index contributed by atoms with van der Waals surface area (Å²) in [4.78, 5) is 3.75. The highest BCUT2D eigenvalue weighted by Crippen LogP contribution is 2.15. The number of alkyl halides is 2. The molecule has 0 bridgehead atoms. The molecule has 3 N–H and O–H groups in total. The number of anilines is 2.